The Morgan fingerprint density at radius 1 is 1.35 bits per heavy atom. The summed E-state index contributed by atoms with van der Waals surface area (Å²) in [5.41, 5.74) is 1.32. The number of aryl methyl sites for hydroxylation is 1. The van der Waals surface area contributed by atoms with Crippen molar-refractivity contribution in [3.8, 4) is 0 Å². The molecule has 0 amide bonds. The Balaban J connectivity index is 1.93. The van der Waals surface area contributed by atoms with Crippen LogP contribution in [0.4, 0.5) is 0 Å². The van der Waals surface area contributed by atoms with E-state index in [1.165, 1.54) is 20.4 Å². The summed E-state index contributed by atoms with van der Waals surface area (Å²) in [5, 5.41) is 19.3. The molecule has 104 valence electrons. The Bertz CT molecular complexity index is 702. The predicted molar refractivity (Wildman–Crippen MR) is 80.7 cm³/mol. The summed E-state index contributed by atoms with van der Waals surface area (Å²) in [6.07, 6.45) is 0.752. The van der Waals surface area contributed by atoms with Gasteiger partial charge in [0.05, 0.1) is 7.05 Å². The van der Waals surface area contributed by atoms with Crippen LogP contribution in [-0.2, 0) is 13.5 Å². The zero-order valence-corrected chi connectivity index (χ0v) is 12.4. The quantitative estimate of drug-likeness (QED) is 0.782. The standard InChI is InChI=1S/C14H17N5S/c1-3-15-12(8-14-16-18-19(2)17-14)11-9-20-13-7-5-4-6-10(11)13/h4-7,9,12,15H,3,8H2,1-2H3. The zero-order chi connectivity index (χ0) is 13.9. The first-order valence-electron chi connectivity index (χ1n) is 6.70. The van der Waals surface area contributed by atoms with Crippen molar-refractivity contribution in [2.75, 3.05) is 6.54 Å². The lowest BCUT2D eigenvalue weighted by Crippen LogP contribution is -2.23. The lowest BCUT2D eigenvalue weighted by atomic mass is 10.0. The highest BCUT2D eigenvalue weighted by atomic mass is 32.1. The Morgan fingerprint density at radius 3 is 2.95 bits per heavy atom. The Kier molecular flexibility index (Phi) is 3.75. The van der Waals surface area contributed by atoms with E-state index in [1.807, 2.05) is 0 Å². The number of thiophene rings is 1. The summed E-state index contributed by atoms with van der Waals surface area (Å²) in [5.74, 6) is 0.772. The highest BCUT2D eigenvalue weighted by Crippen LogP contribution is 2.31. The average molecular weight is 287 g/mol. The van der Waals surface area contributed by atoms with Crippen LogP contribution in [0.25, 0.3) is 10.1 Å². The largest absolute Gasteiger partial charge is 0.310 e. The van der Waals surface area contributed by atoms with E-state index in [-0.39, 0.29) is 6.04 Å². The molecule has 1 N–H and O–H groups in total. The second-order valence-electron chi connectivity index (χ2n) is 4.70. The van der Waals surface area contributed by atoms with Gasteiger partial charge in [-0.05, 0) is 34.2 Å². The van der Waals surface area contributed by atoms with Crippen molar-refractivity contribution < 1.29 is 0 Å². The molecule has 0 aliphatic heterocycles. The van der Waals surface area contributed by atoms with E-state index in [9.17, 15) is 0 Å². The van der Waals surface area contributed by atoms with Crippen molar-refractivity contribution in [3.63, 3.8) is 0 Å². The number of likely N-dealkylation sites (N-methyl/N-ethyl adjacent to an activating group) is 1. The Labute approximate surface area is 121 Å². The first-order valence-corrected chi connectivity index (χ1v) is 7.58. The average Bonchev–Trinajstić information content (AvgIpc) is 3.04. The van der Waals surface area contributed by atoms with Crippen LogP contribution in [0, 0.1) is 0 Å². The Hall–Kier alpha value is -1.79. The van der Waals surface area contributed by atoms with Crippen LogP contribution < -0.4 is 5.32 Å². The molecule has 3 aromatic rings. The highest BCUT2D eigenvalue weighted by Gasteiger charge is 2.17. The molecule has 0 saturated heterocycles. The van der Waals surface area contributed by atoms with Gasteiger partial charge >= 0.3 is 0 Å². The second kappa shape index (κ2) is 5.68. The molecule has 0 aliphatic rings. The molecule has 1 unspecified atom stereocenters. The number of hydrogen-bond donors (Lipinski definition) is 1. The van der Waals surface area contributed by atoms with Gasteiger partial charge in [0.25, 0.3) is 0 Å². The molecule has 0 aliphatic carbocycles. The SMILES string of the molecule is CCNC(Cc1nnn(C)n1)c1csc2ccccc12. The first kappa shape index (κ1) is 13.2. The minimum Gasteiger partial charge on any atom is -0.310 e. The van der Waals surface area contributed by atoms with E-state index in [0.717, 1.165) is 18.8 Å². The number of benzene rings is 1. The van der Waals surface area contributed by atoms with Crippen LogP contribution in [-0.4, -0.2) is 26.8 Å². The van der Waals surface area contributed by atoms with Crippen LogP contribution >= 0.6 is 11.3 Å². The van der Waals surface area contributed by atoms with Gasteiger partial charge in [-0.1, -0.05) is 25.1 Å². The molecular formula is C14H17N5S. The van der Waals surface area contributed by atoms with Gasteiger partial charge in [0, 0.05) is 17.2 Å². The number of fused-ring (bicyclic) bond motifs is 1. The van der Waals surface area contributed by atoms with Gasteiger partial charge in [0.2, 0.25) is 0 Å². The van der Waals surface area contributed by atoms with Gasteiger partial charge in [-0.3, -0.25) is 0 Å². The van der Waals surface area contributed by atoms with Crippen molar-refractivity contribution in [2.24, 2.45) is 7.05 Å². The normalized spacial score (nSPS) is 12.9. The maximum absolute atomic E-state index is 4.28. The van der Waals surface area contributed by atoms with Crippen LogP contribution in [0.3, 0.4) is 0 Å². The molecule has 0 radical (unpaired) electrons. The summed E-state index contributed by atoms with van der Waals surface area (Å²) in [7, 11) is 1.79. The zero-order valence-electron chi connectivity index (χ0n) is 11.6. The predicted octanol–water partition coefficient (Wildman–Crippen LogP) is 2.32. The molecule has 0 saturated carbocycles. The van der Waals surface area contributed by atoms with Gasteiger partial charge in [-0.15, -0.1) is 21.5 Å². The third-order valence-electron chi connectivity index (χ3n) is 3.27. The van der Waals surface area contributed by atoms with Crippen molar-refractivity contribution in [1.29, 1.82) is 0 Å². The third-order valence-corrected chi connectivity index (χ3v) is 4.26. The van der Waals surface area contributed by atoms with E-state index in [2.05, 4.69) is 57.3 Å². The molecule has 0 spiro atoms. The first-order chi connectivity index (χ1) is 9.78. The van der Waals surface area contributed by atoms with E-state index >= 15 is 0 Å². The topological polar surface area (TPSA) is 55.6 Å². The van der Waals surface area contributed by atoms with Crippen LogP contribution in [0.5, 0.6) is 0 Å². The van der Waals surface area contributed by atoms with Crippen molar-refractivity contribution in [1.82, 2.24) is 25.5 Å². The maximum Gasteiger partial charge on any atom is 0.176 e. The fourth-order valence-corrected chi connectivity index (χ4v) is 3.41. The van der Waals surface area contributed by atoms with Gasteiger partial charge < -0.3 is 5.32 Å². The van der Waals surface area contributed by atoms with Crippen LogP contribution in [0.15, 0.2) is 29.6 Å². The molecular weight excluding hydrogens is 270 g/mol. The number of hydrogen-bond acceptors (Lipinski definition) is 5. The van der Waals surface area contributed by atoms with Gasteiger partial charge in [-0.25, -0.2) is 0 Å². The third kappa shape index (κ3) is 2.57. The summed E-state index contributed by atoms with van der Waals surface area (Å²) < 4.78 is 1.32. The summed E-state index contributed by atoms with van der Waals surface area (Å²) in [6.45, 7) is 3.03. The van der Waals surface area contributed by atoms with E-state index in [1.54, 1.807) is 18.4 Å². The molecule has 5 nitrogen and oxygen atoms in total. The van der Waals surface area contributed by atoms with Crippen LogP contribution in [0.2, 0.25) is 0 Å². The number of tetrazole rings is 1. The number of nitrogens with zero attached hydrogens (tertiary/aromatic N) is 4. The second-order valence-corrected chi connectivity index (χ2v) is 5.61. The fourth-order valence-electron chi connectivity index (χ4n) is 2.39. The van der Waals surface area contributed by atoms with Crippen molar-refractivity contribution in [3.05, 3.63) is 41.0 Å². The van der Waals surface area contributed by atoms with Crippen molar-refractivity contribution >= 4 is 21.4 Å². The monoisotopic (exact) mass is 287 g/mol. The molecule has 1 atom stereocenters. The molecule has 0 bridgehead atoms. The van der Waals surface area contributed by atoms with Gasteiger partial charge in [-0.2, -0.15) is 4.80 Å². The van der Waals surface area contributed by atoms with Crippen LogP contribution in [0.1, 0.15) is 24.4 Å². The lowest BCUT2D eigenvalue weighted by molar-refractivity contribution is 0.539. The van der Waals surface area contributed by atoms with Gasteiger partial charge in [0.1, 0.15) is 0 Å². The maximum atomic E-state index is 4.28. The van der Waals surface area contributed by atoms with E-state index in [0.29, 0.717) is 0 Å². The Morgan fingerprint density at radius 2 is 2.20 bits per heavy atom. The van der Waals surface area contributed by atoms with E-state index in [4.69, 9.17) is 0 Å². The molecule has 20 heavy (non-hydrogen) atoms. The lowest BCUT2D eigenvalue weighted by Gasteiger charge is -2.15. The minimum atomic E-state index is 0.223. The summed E-state index contributed by atoms with van der Waals surface area (Å²) in [4.78, 5) is 1.50. The van der Waals surface area contributed by atoms with E-state index < -0.39 is 0 Å². The van der Waals surface area contributed by atoms with Gasteiger partial charge in [0.15, 0.2) is 5.82 Å². The smallest absolute Gasteiger partial charge is 0.176 e. The molecule has 2 heterocycles. The molecule has 6 heteroatoms. The number of rotatable bonds is 5. The number of aromatic nitrogens is 4. The summed E-state index contributed by atoms with van der Waals surface area (Å²) >= 11 is 1.78. The highest BCUT2D eigenvalue weighted by molar-refractivity contribution is 7.17. The molecule has 2 aromatic heterocycles. The number of nitrogens with one attached hydrogen (secondary N) is 1. The summed E-state index contributed by atoms with van der Waals surface area (Å²) in [6, 6.07) is 8.72. The van der Waals surface area contributed by atoms with Crippen molar-refractivity contribution in [2.45, 2.75) is 19.4 Å². The molecule has 0 fully saturated rings. The minimum absolute atomic E-state index is 0.223. The molecule has 1 aromatic carbocycles. The molecule has 3 rings (SSSR count). The fraction of sp³-hybridized carbons (Fsp3) is 0.357.